The van der Waals surface area contributed by atoms with Gasteiger partial charge in [0.25, 0.3) is 5.91 Å². The van der Waals surface area contributed by atoms with Gasteiger partial charge >= 0.3 is 0 Å². The summed E-state index contributed by atoms with van der Waals surface area (Å²) in [6.07, 6.45) is 3.84. The van der Waals surface area contributed by atoms with Crippen molar-refractivity contribution in [1.82, 2.24) is 14.9 Å². The summed E-state index contributed by atoms with van der Waals surface area (Å²) < 4.78 is 5.80. The quantitative estimate of drug-likeness (QED) is 0.767. The molecule has 0 N–H and O–H groups in total. The highest BCUT2D eigenvalue weighted by atomic mass is 16.5. The number of nitrogens with zero attached hydrogens (tertiary/aromatic N) is 5. The third-order valence-electron chi connectivity index (χ3n) is 5.35. The second-order valence-electron chi connectivity index (χ2n) is 7.14. The molecule has 1 aromatic heterocycles. The van der Waals surface area contributed by atoms with Crippen LogP contribution in [-0.4, -0.2) is 65.5 Å². The van der Waals surface area contributed by atoms with Crippen LogP contribution in [0.2, 0.25) is 0 Å². The Morgan fingerprint density at radius 3 is 2.55 bits per heavy atom. The third-order valence-corrected chi connectivity index (χ3v) is 5.35. The number of anilines is 2. The standard InChI is InChI=1S/C21H25N5O3/c1-2-17-20(28)26(16-6-3-4-7-18(16)29-17)11-8-19(27)24-12-14-25(15-13-24)21-22-9-5-10-23-21/h3-7,9-10,17H,2,8,11-15H2,1H3. The zero-order valence-corrected chi connectivity index (χ0v) is 16.5. The summed E-state index contributed by atoms with van der Waals surface area (Å²) in [6.45, 7) is 4.94. The normalized spacial score (nSPS) is 19.0. The zero-order chi connectivity index (χ0) is 20.2. The molecule has 2 aromatic rings. The molecule has 2 amide bonds. The van der Waals surface area contributed by atoms with Crippen LogP contribution in [0.25, 0.3) is 0 Å². The molecule has 0 aliphatic carbocycles. The Kier molecular flexibility index (Phi) is 5.59. The molecular weight excluding hydrogens is 370 g/mol. The van der Waals surface area contributed by atoms with E-state index in [0.29, 0.717) is 57.3 Å². The lowest BCUT2D eigenvalue weighted by Gasteiger charge is -2.36. The van der Waals surface area contributed by atoms with Gasteiger partial charge in [-0.05, 0) is 24.6 Å². The van der Waals surface area contributed by atoms with Crippen molar-refractivity contribution in [3.05, 3.63) is 42.7 Å². The molecule has 0 saturated carbocycles. The lowest BCUT2D eigenvalue weighted by Crippen LogP contribution is -2.51. The predicted octanol–water partition coefficient (Wildman–Crippen LogP) is 1.72. The summed E-state index contributed by atoms with van der Waals surface area (Å²) in [5.74, 6) is 1.37. The van der Waals surface area contributed by atoms with E-state index in [-0.39, 0.29) is 11.8 Å². The van der Waals surface area contributed by atoms with Gasteiger partial charge in [0, 0.05) is 51.5 Å². The van der Waals surface area contributed by atoms with E-state index >= 15 is 0 Å². The van der Waals surface area contributed by atoms with E-state index in [1.807, 2.05) is 36.1 Å². The first kappa shape index (κ1) is 19.2. The van der Waals surface area contributed by atoms with Gasteiger partial charge in [-0.15, -0.1) is 0 Å². The van der Waals surface area contributed by atoms with Gasteiger partial charge in [-0.2, -0.15) is 0 Å². The summed E-state index contributed by atoms with van der Waals surface area (Å²) in [7, 11) is 0. The van der Waals surface area contributed by atoms with Crippen LogP contribution in [0.5, 0.6) is 5.75 Å². The molecule has 2 aliphatic rings. The second-order valence-corrected chi connectivity index (χ2v) is 7.14. The molecule has 1 fully saturated rings. The van der Waals surface area contributed by atoms with Gasteiger partial charge < -0.3 is 19.4 Å². The number of amides is 2. The van der Waals surface area contributed by atoms with Gasteiger partial charge in [-0.1, -0.05) is 19.1 Å². The largest absolute Gasteiger partial charge is 0.478 e. The van der Waals surface area contributed by atoms with Crippen molar-refractivity contribution in [1.29, 1.82) is 0 Å². The molecule has 4 rings (SSSR count). The van der Waals surface area contributed by atoms with E-state index in [1.165, 1.54) is 0 Å². The average Bonchev–Trinajstić information content (AvgIpc) is 2.78. The molecule has 1 unspecified atom stereocenters. The lowest BCUT2D eigenvalue weighted by atomic mass is 10.1. The Morgan fingerprint density at radius 1 is 1.10 bits per heavy atom. The Hall–Kier alpha value is -3.16. The molecule has 1 aromatic carbocycles. The van der Waals surface area contributed by atoms with Gasteiger partial charge in [0.05, 0.1) is 5.69 Å². The smallest absolute Gasteiger partial charge is 0.268 e. The molecule has 1 saturated heterocycles. The molecule has 29 heavy (non-hydrogen) atoms. The Morgan fingerprint density at radius 2 is 1.83 bits per heavy atom. The highest BCUT2D eigenvalue weighted by molar-refractivity contribution is 6.00. The van der Waals surface area contributed by atoms with Gasteiger partial charge in [0.1, 0.15) is 5.75 Å². The van der Waals surface area contributed by atoms with Crippen molar-refractivity contribution >= 4 is 23.5 Å². The maximum atomic E-state index is 12.8. The first-order valence-electron chi connectivity index (χ1n) is 10.0. The maximum absolute atomic E-state index is 12.8. The van der Waals surface area contributed by atoms with Crippen molar-refractivity contribution in [3.8, 4) is 5.75 Å². The zero-order valence-electron chi connectivity index (χ0n) is 16.5. The molecule has 0 radical (unpaired) electrons. The van der Waals surface area contributed by atoms with Crippen molar-refractivity contribution < 1.29 is 14.3 Å². The third kappa shape index (κ3) is 4.01. The monoisotopic (exact) mass is 395 g/mol. The van der Waals surface area contributed by atoms with Crippen LogP contribution >= 0.6 is 0 Å². The number of aromatic nitrogens is 2. The molecule has 2 aliphatic heterocycles. The first-order chi connectivity index (χ1) is 14.2. The minimum Gasteiger partial charge on any atom is -0.478 e. The van der Waals surface area contributed by atoms with Crippen molar-refractivity contribution in [2.45, 2.75) is 25.9 Å². The van der Waals surface area contributed by atoms with Crippen LogP contribution in [0, 0.1) is 0 Å². The molecular formula is C21H25N5O3. The van der Waals surface area contributed by atoms with Crippen LogP contribution in [0.4, 0.5) is 11.6 Å². The fourth-order valence-electron chi connectivity index (χ4n) is 3.74. The minimum atomic E-state index is -0.491. The number of hydrogen-bond donors (Lipinski definition) is 0. The van der Waals surface area contributed by atoms with E-state index < -0.39 is 6.10 Å². The number of rotatable bonds is 5. The number of piperazine rings is 1. The molecule has 1 atom stereocenters. The highest BCUT2D eigenvalue weighted by Crippen LogP contribution is 2.34. The average molecular weight is 395 g/mol. The Bertz CT molecular complexity index is 868. The first-order valence-corrected chi connectivity index (χ1v) is 10.0. The SMILES string of the molecule is CCC1Oc2ccccc2N(CCC(=O)N2CCN(c3ncccn3)CC2)C1=O. The summed E-state index contributed by atoms with van der Waals surface area (Å²) in [6, 6.07) is 9.28. The fraction of sp³-hybridized carbons (Fsp3) is 0.429. The number of carbonyl (C=O) groups excluding carboxylic acids is 2. The molecule has 8 nitrogen and oxygen atoms in total. The molecule has 0 bridgehead atoms. The topological polar surface area (TPSA) is 78.9 Å². The van der Waals surface area contributed by atoms with Crippen LogP contribution in [0.15, 0.2) is 42.7 Å². The molecule has 152 valence electrons. The molecule has 3 heterocycles. The molecule has 8 heteroatoms. The number of para-hydroxylation sites is 2. The van der Waals surface area contributed by atoms with Crippen LogP contribution in [0.1, 0.15) is 19.8 Å². The predicted molar refractivity (Wildman–Crippen MR) is 109 cm³/mol. The molecule has 0 spiro atoms. The van der Waals surface area contributed by atoms with E-state index in [4.69, 9.17) is 4.74 Å². The van der Waals surface area contributed by atoms with E-state index in [9.17, 15) is 9.59 Å². The van der Waals surface area contributed by atoms with Crippen molar-refractivity contribution in [3.63, 3.8) is 0 Å². The second kappa shape index (κ2) is 8.46. The number of benzene rings is 1. The van der Waals surface area contributed by atoms with Gasteiger partial charge in [-0.3, -0.25) is 9.59 Å². The summed E-state index contributed by atoms with van der Waals surface area (Å²) in [5.41, 5.74) is 0.737. The summed E-state index contributed by atoms with van der Waals surface area (Å²) in [5, 5.41) is 0. The number of ether oxygens (including phenoxy) is 1. The lowest BCUT2D eigenvalue weighted by molar-refractivity contribution is -0.131. The van der Waals surface area contributed by atoms with E-state index in [0.717, 1.165) is 5.69 Å². The fourth-order valence-corrected chi connectivity index (χ4v) is 3.74. The van der Waals surface area contributed by atoms with Crippen molar-refractivity contribution in [2.75, 3.05) is 42.5 Å². The summed E-state index contributed by atoms with van der Waals surface area (Å²) >= 11 is 0. The van der Waals surface area contributed by atoms with Crippen molar-refractivity contribution in [2.24, 2.45) is 0 Å². The Balaban J connectivity index is 1.35. The number of carbonyl (C=O) groups is 2. The van der Waals surface area contributed by atoms with Crippen LogP contribution < -0.4 is 14.5 Å². The van der Waals surface area contributed by atoms with Gasteiger partial charge in [0.15, 0.2) is 6.10 Å². The van der Waals surface area contributed by atoms with Crippen LogP contribution in [0.3, 0.4) is 0 Å². The Labute approximate surface area is 170 Å². The van der Waals surface area contributed by atoms with Gasteiger partial charge in [0.2, 0.25) is 11.9 Å². The summed E-state index contributed by atoms with van der Waals surface area (Å²) in [4.78, 5) is 39.7. The van der Waals surface area contributed by atoms with Gasteiger partial charge in [-0.25, -0.2) is 9.97 Å². The highest BCUT2D eigenvalue weighted by Gasteiger charge is 2.33. The number of fused-ring (bicyclic) bond motifs is 1. The van der Waals surface area contributed by atoms with Crippen LogP contribution in [-0.2, 0) is 9.59 Å². The minimum absolute atomic E-state index is 0.0588. The van der Waals surface area contributed by atoms with E-state index in [2.05, 4.69) is 14.9 Å². The number of hydrogen-bond acceptors (Lipinski definition) is 6. The maximum Gasteiger partial charge on any atom is 0.268 e. The van der Waals surface area contributed by atoms with E-state index in [1.54, 1.807) is 23.4 Å².